The highest BCUT2D eigenvalue weighted by Gasteiger charge is 2.06. The van der Waals surface area contributed by atoms with Gasteiger partial charge in [-0.15, -0.1) is 0 Å². The highest BCUT2D eigenvalue weighted by molar-refractivity contribution is 5.91. The largest absolute Gasteiger partial charge is 0.324 e. The molecule has 0 saturated carbocycles. The number of hydrogen-bond donors (Lipinski definition) is 2. The van der Waals surface area contributed by atoms with Crippen LogP contribution in [-0.4, -0.2) is 19.0 Å². The zero-order valence-corrected chi connectivity index (χ0v) is 9.64. The van der Waals surface area contributed by atoms with Crippen LogP contribution in [0, 0.1) is 12.7 Å². The number of halogens is 1. The topological polar surface area (TPSA) is 41.1 Å². The first-order chi connectivity index (χ1) is 7.63. The lowest BCUT2D eigenvalue weighted by molar-refractivity contribution is -0.116. The van der Waals surface area contributed by atoms with Crippen LogP contribution in [0.3, 0.4) is 0 Å². The van der Waals surface area contributed by atoms with Crippen molar-refractivity contribution < 1.29 is 9.18 Å². The number of benzene rings is 1. The van der Waals surface area contributed by atoms with Gasteiger partial charge in [0.2, 0.25) is 5.91 Å². The molecule has 0 saturated heterocycles. The Balaban J connectivity index is 2.52. The van der Waals surface area contributed by atoms with Gasteiger partial charge in [-0.3, -0.25) is 4.79 Å². The second-order valence-corrected chi connectivity index (χ2v) is 3.64. The number of aryl methyl sites for hydroxylation is 1. The van der Waals surface area contributed by atoms with E-state index in [0.717, 1.165) is 12.1 Å². The third kappa shape index (κ3) is 3.98. The molecular formula is C12H17FN2O. The predicted octanol–water partition coefficient (Wildman–Crippen LogP) is 2.07. The average molecular weight is 224 g/mol. The van der Waals surface area contributed by atoms with E-state index >= 15 is 0 Å². The van der Waals surface area contributed by atoms with E-state index in [1.165, 1.54) is 6.07 Å². The van der Waals surface area contributed by atoms with Crippen molar-refractivity contribution in [3.05, 3.63) is 29.6 Å². The van der Waals surface area contributed by atoms with Gasteiger partial charge in [0.15, 0.2) is 0 Å². The molecule has 0 aromatic heterocycles. The van der Waals surface area contributed by atoms with E-state index < -0.39 is 5.82 Å². The molecule has 0 aliphatic carbocycles. The second kappa shape index (κ2) is 6.23. The number of nitrogens with one attached hydrogen (secondary N) is 2. The monoisotopic (exact) mass is 224 g/mol. The van der Waals surface area contributed by atoms with E-state index in [0.29, 0.717) is 13.0 Å². The molecule has 0 fully saturated rings. The van der Waals surface area contributed by atoms with Gasteiger partial charge in [-0.2, -0.15) is 0 Å². The molecule has 0 radical (unpaired) electrons. The molecule has 0 atom stereocenters. The minimum atomic E-state index is -0.401. The van der Waals surface area contributed by atoms with Crippen molar-refractivity contribution in [1.29, 1.82) is 0 Å². The van der Waals surface area contributed by atoms with Gasteiger partial charge < -0.3 is 10.6 Å². The lowest BCUT2D eigenvalue weighted by atomic mass is 10.2. The number of rotatable bonds is 5. The maximum Gasteiger partial charge on any atom is 0.225 e. The smallest absolute Gasteiger partial charge is 0.225 e. The summed E-state index contributed by atoms with van der Waals surface area (Å²) in [5.41, 5.74) is 1.17. The lowest BCUT2D eigenvalue weighted by Crippen LogP contribution is -2.21. The quantitative estimate of drug-likeness (QED) is 0.752. The van der Waals surface area contributed by atoms with Gasteiger partial charge in [0.1, 0.15) is 5.82 Å². The Hall–Kier alpha value is -1.42. The molecule has 88 valence electrons. The molecule has 1 aromatic carbocycles. The third-order valence-electron chi connectivity index (χ3n) is 2.17. The molecular weight excluding hydrogens is 207 g/mol. The third-order valence-corrected chi connectivity index (χ3v) is 2.17. The maximum atomic E-state index is 13.3. The summed E-state index contributed by atoms with van der Waals surface area (Å²) in [4.78, 5) is 11.4. The predicted molar refractivity (Wildman–Crippen MR) is 62.9 cm³/mol. The molecule has 16 heavy (non-hydrogen) atoms. The zero-order chi connectivity index (χ0) is 12.0. The lowest BCUT2D eigenvalue weighted by Gasteiger charge is -2.07. The Kier molecular flexibility index (Phi) is 4.92. The summed E-state index contributed by atoms with van der Waals surface area (Å²) >= 11 is 0. The van der Waals surface area contributed by atoms with Crippen LogP contribution in [0.4, 0.5) is 10.1 Å². The number of anilines is 1. The van der Waals surface area contributed by atoms with Crippen molar-refractivity contribution in [2.75, 3.05) is 18.4 Å². The van der Waals surface area contributed by atoms with E-state index in [2.05, 4.69) is 10.6 Å². The van der Waals surface area contributed by atoms with Gasteiger partial charge in [-0.05, 0) is 31.2 Å². The van der Waals surface area contributed by atoms with Crippen molar-refractivity contribution >= 4 is 11.6 Å². The van der Waals surface area contributed by atoms with Crippen LogP contribution in [0.25, 0.3) is 0 Å². The normalized spacial score (nSPS) is 10.2. The summed E-state index contributed by atoms with van der Waals surface area (Å²) in [6.45, 7) is 5.26. The van der Waals surface area contributed by atoms with E-state index in [1.807, 2.05) is 13.8 Å². The first kappa shape index (κ1) is 12.6. The number of hydrogen-bond acceptors (Lipinski definition) is 2. The van der Waals surface area contributed by atoms with Gasteiger partial charge in [0.25, 0.3) is 0 Å². The maximum absolute atomic E-state index is 13.3. The first-order valence-corrected chi connectivity index (χ1v) is 5.40. The zero-order valence-electron chi connectivity index (χ0n) is 9.64. The van der Waals surface area contributed by atoms with Crippen molar-refractivity contribution in [2.24, 2.45) is 0 Å². The summed E-state index contributed by atoms with van der Waals surface area (Å²) in [6.07, 6.45) is 0.348. The van der Waals surface area contributed by atoms with Gasteiger partial charge in [-0.1, -0.05) is 13.0 Å². The van der Waals surface area contributed by atoms with Crippen molar-refractivity contribution in [1.82, 2.24) is 5.32 Å². The molecule has 0 unspecified atom stereocenters. The molecule has 0 aliphatic heterocycles. The summed E-state index contributed by atoms with van der Waals surface area (Å²) in [5, 5.41) is 5.59. The Labute approximate surface area is 95.0 Å². The van der Waals surface area contributed by atoms with Crippen LogP contribution in [0.5, 0.6) is 0 Å². The van der Waals surface area contributed by atoms with Gasteiger partial charge in [0, 0.05) is 13.0 Å². The fourth-order valence-corrected chi connectivity index (χ4v) is 1.33. The fraction of sp³-hybridized carbons (Fsp3) is 0.417. The molecule has 0 aliphatic rings. The van der Waals surface area contributed by atoms with Crippen molar-refractivity contribution in [3.8, 4) is 0 Å². The Morgan fingerprint density at radius 2 is 2.19 bits per heavy atom. The molecule has 0 bridgehead atoms. The van der Waals surface area contributed by atoms with Gasteiger partial charge in [-0.25, -0.2) is 4.39 Å². The molecule has 1 amide bonds. The Morgan fingerprint density at radius 1 is 1.44 bits per heavy atom. The number of amides is 1. The number of carbonyl (C=O) groups is 1. The van der Waals surface area contributed by atoms with Crippen LogP contribution in [0.2, 0.25) is 0 Å². The molecule has 1 aromatic rings. The van der Waals surface area contributed by atoms with E-state index in [4.69, 9.17) is 0 Å². The van der Waals surface area contributed by atoms with E-state index in [1.54, 1.807) is 12.1 Å². The standard InChI is InChI=1S/C12H17FN2O/c1-3-14-7-6-12(16)15-11-8-9(2)4-5-10(11)13/h4-5,8,14H,3,6-7H2,1-2H3,(H,15,16). The molecule has 4 heteroatoms. The minimum Gasteiger partial charge on any atom is -0.324 e. The number of carbonyl (C=O) groups excluding carboxylic acids is 1. The Morgan fingerprint density at radius 3 is 2.88 bits per heavy atom. The van der Waals surface area contributed by atoms with Gasteiger partial charge >= 0.3 is 0 Å². The van der Waals surface area contributed by atoms with Gasteiger partial charge in [0.05, 0.1) is 5.69 Å². The highest BCUT2D eigenvalue weighted by atomic mass is 19.1. The van der Waals surface area contributed by atoms with Crippen molar-refractivity contribution in [3.63, 3.8) is 0 Å². The van der Waals surface area contributed by atoms with Crippen LogP contribution in [0.15, 0.2) is 18.2 Å². The van der Waals surface area contributed by atoms with Crippen LogP contribution in [-0.2, 0) is 4.79 Å². The summed E-state index contributed by atoms with van der Waals surface area (Å²) in [5.74, 6) is -0.576. The van der Waals surface area contributed by atoms with Crippen LogP contribution < -0.4 is 10.6 Å². The molecule has 0 spiro atoms. The summed E-state index contributed by atoms with van der Waals surface area (Å²) in [7, 11) is 0. The van der Waals surface area contributed by atoms with Crippen LogP contribution in [0.1, 0.15) is 18.9 Å². The van der Waals surface area contributed by atoms with E-state index in [9.17, 15) is 9.18 Å². The molecule has 1 rings (SSSR count). The molecule has 3 nitrogen and oxygen atoms in total. The SMILES string of the molecule is CCNCCC(=O)Nc1cc(C)ccc1F. The second-order valence-electron chi connectivity index (χ2n) is 3.64. The highest BCUT2D eigenvalue weighted by Crippen LogP contribution is 2.15. The first-order valence-electron chi connectivity index (χ1n) is 5.40. The fourth-order valence-electron chi connectivity index (χ4n) is 1.33. The minimum absolute atomic E-state index is 0.176. The summed E-state index contributed by atoms with van der Waals surface area (Å²) < 4.78 is 13.3. The molecule has 2 N–H and O–H groups in total. The molecule has 0 heterocycles. The summed E-state index contributed by atoms with van der Waals surface area (Å²) in [6, 6.07) is 4.65. The van der Waals surface area contributed by atoms with E-state index in [-0.39, 0.29) is 11.6 Å². The Bertz CT molecular complexity index is 366. The average Bonchev–Trinajstić information content (AvgIpc) is 2.24. The van der Waals surface area contributed by atoms with Crippen LogP contribution >= 0.6 is 0 Å². The van der Waals surface area contributed by atoms with Crippen molar-refractivity contribution in [2.45, 2.75) is 20.3 Å².